The number of hydrogen-bond donors (Lipinski definition) is 1. The van der Waals surface area contributed by atoms with Gasteiger partial charge in [0.1, 0.15) is 0 Å². The zero-order chi connectivity index (χ0) is 11.1. The molecular formula is C11H10F2N2. The summed E-state index contributed by atoms with van der Waals surface area (Å²) in [5.74, 6) is -2.85. The number of nitrogens with two attached hydrogens (primary N) is 1. The van der Waals surface area contributed by atoms with Crippen molar-refractivity contribution in [3.8, 4) is 6.07 Å². The summed E-state index contributed by atoms with van der Waals surface area (Å²) < 4.78 is 27.0. The standard InChI is InChI=1S/C11H10F2N2/c12-11(13)4-3-10(15)8-2-1-7(6-14)5-9(8)11/h1-2,5,10H,3-4,15H2. The van der Waals surface area contributed by atoms with Crippen LogP contribution in [-0.4, -0.2) is 0 Å². The summed E-state index contributed by atoms with van der Waals surface area (Å²) in [4.78, 5) is 0. The Morgan fingerprint density at radius 3 is 2.87 bits per heavy atom. The summed E-state index contributed by atoms with van der Waals surface area (Å²) in [6.07, 6.45) is 0.0436. The lowest BCUT2D eigenvalue weighted by Gasteiger charge is -2.29. The molecule has 2 rings (SSSR count). The first kappa shape index (κ1) is 10.1. The van der Waals surface area contributed by atoms with Crippen molar-refractivity contribution in [2.45, 2.75) is 24.8 Å². The topological polar surface area (TPSA) is 49.8 Å². The van der Waals surface area contributed by atoms with E-state index in [1.807, 2.05) is 6.07 Å². The highest BCUT2D eigenvalue weighted by Gasteiger charge is 2.39. The molecular weight excluding hydrogens is 198 g/mol. The van der Waals surface area contributed by atoms with Gasteiger partial charge in [-0.05, 0) is 24.1 Å². The molecule has 0 fully saturated rings. The number of nitrogens with zero attached hydrogens (tertiary/aromatic N) is 1. The van der Waals surface area contributed by atoms with Crippen molar-refractivity contribution in [3.63, 3.8) is 0 Å². The summed E-state index contributed by atoms with van der Waals surface area (Å²) >= 11 is 0. The minimum Gasteiger partial charge on any atom is -0.324 e. The molecule has 4 heteroatoms. The third kappa shape index (κ3) is 1.59. The van der Waals surface area contributed by atoms with Gasteiger partial charge in [-0.1, -0.05) is 6.07 Å². The van der Waals surface area contributed by atoms with Crippen LogP contribution in [0.4, 0.5) is 8.78 Å². The van der Waals surface area contributed by atoms with Gasteiger partial charge in [0.05, 0.1) is 11.6 Å². The van der Waals surface area contributed by atoms with Crippen LogP contribution in [0.1, 0.15) is 35.6 Å². The third-order valence-corrected chi connectivity index (χ3v) is 2.75. The van der Waals surface area contributed by atoms with Crippen molar-refractivity contribution in [1.82, 2.24) is 0 Å². The lowest BCUT2D eigenvalue weighted by atomic mass is 9.84. The Labute approximate surface area is 86.3 Å². The number of hydrogen-bond acceptors (Lipinski definition) is 2. The molecule has 0 aliphatic heterocycles. The maximum Gasteiger partial charge on any atom is 0.273 e. The molecule has 2 nitrogen and oxygen atoms in total. The molecule has 0 bridgehead atoms. The van der Waals surface area contributed by atoms with Crippen molar-refractivity contribution in [2.24, 2.45) is 5.73 Å². The SMILES string of the molecule is N#Cc1ccc2c(c1)C(F)(F)CCC2N. The smallest absolute Gasteiger partial charge is 0.273 e. The third-order valence-electron chi connectivity index (χ3n) is 2.75. The van der Waals surface area contributed by atoms with Crippen molar-refractivity contribution in [2.75, 3.05) is 0 Å². The summed E-state index contributed by atoms with van der Waals surface area (Å²) in [5, 5.41) is 8.65. The molecule has 1 unspecified atom stereocenters. The Morgan fingerprint density at radius 2 is 2.20 bits per heavy atom. The highest BCUT2D eigenvalue weighted by atomic mass is 19.3. The molecule has 0 aromatic heterocycles. The molecule has 0 saturated carbocycles. The molecule has 0 amide bonds. The van der Waals surface area contributed by atoms with Crippen molar-refractivity contribution >= 4 is 0 Å². The maximum atomic E-state index is 13.5. The minimum atomic E-state index is -2.85. The fourth-order valence-corrected chi connectivity index (χ4v) is 1.89. The van der Waals surface area contributed by atoms with Gasteiger partial charge in [-0.2, -0.15) is 5.26 Å². The summed E-state index contributed by atoms with van der Waals surface area (Å²) in [6.45, 7) is 0. The van der Waals surface area contributed by atoms with E-state index < -0.39 is 5.92 Å². The van der Waals surface area contributed by atoms with E-state index in [2.05, 4.69) is 0 Å². The van der Waals surface area contributed by atoms with Crippen LogP contribution in [0.25, 0.3) is 0 Å². The normalized spacial score (nSPS) is 22.9. The Hall–Kier alpha value is -1.47. The molecule has 0 spiro atoms. The van der Waals surface area contributed by atoms with E-state index in [4.69, 9.17) is 11.0 Å². The number of benzene rings is 1. The van der Waals surface area contributed by atoms with E-state index in [0.29, 0.717) is 5.56 Å². The number of halogens is 2. The number of nitriles is 1. The first-order valence-electron chi connectivity index (χ1n) is 4.72. The van der Waals surface area contributed by atoms with E-state index in [-0.39, 0.29) is 30.0 Å². The fourth-order valence-electron chi connectivity index (χ4n) is 1.89. The summed E-state index contributed by atoms with van der Waals surface area (Å²) in [7, 11) is 0. The average Bonchev–Trinajstić information content (AvgIpc) is 2.24. The second-order valence-corrected chi connectivity index (χ2v) is 3.76. The molecule has 1 aromatic carbocycles. The second kappa shape index (κ2) is 3.28. The molecule has 1 atom stereocenters. The van der Waals surface area contributed by atoms with Crippen molar-refractivity contribution in [3.05, 3.63) is 34.9 Å². The number of rotatable bonds is 0. The lowest BCUT2D eigenvalue weighted by molar-refractivity contribution is -0.0250. The van der Waals surface area contributed by atoms with Crippen LogP contribution in [0.2, 0.25) is 0 Å². The van der Waals surface area contributed by atoms with Gasteiger partial charge < -0.3 is 5.73 Å². The molecule has 1 aliphatic rings. The van der Waals surface area contributed by atoms with Crippen LogP contribution in [0.15, 0.2) is 18.2 Å². The zero-order valence-electron chi connectivity index (χ0n) is 8.00. The zero-order valence-corrected chi connectivity index (χ0v) is 8.00. The summed E-state index contributed by atoms with van der Waals surface area (Å²) in [6, 6.07) is 5.82. The molecule has 0 radical (unpaired) electrons. The van der Waals surface area contributed by atoms with Crippen molar-refractivity contribution in [1.29, 1.82) is 5.26 Å². The fraction of sp³-hybridized carbons (Fsp3) is 0.364. The van der Waals surface area contributed by atoms with Crippen LogP contribution in [0, 0.1) is 11.3 Å². The Bertz CT molecular complexity index is 435. The predicted molar refractivity (Wildman–Crippen MR) is 51.2 cm³/mol. The molecule has 0 heterocycles. The number of fused-ring (bicyclic) bond motifs is 1. The first-order chi connectivity index (χ1) is 7.04. The monoisotopic (exact) mass is 208 g/mol. The van der Waals surface area contributed by atoms with Crippen LogP contribution >= 0.6 is 0 Å². The molecule has 78 valence electrons. The van der Waals surface area contributed by atoms with E-state index in [9.17, 15) is 8.78 Å². The van der Waals surface area contributed by atoms with Crippen LogP contribution in [-0.2, 0) is 5.92 Å². The Balaban J connectivity index is 2.60. The van der Waals surface area contributed by atoms with Gasteiger partial charge in [0, 0.05) is 18.0 Å². The molecule has 0 saturated heterocycles. The number of alkyl halides is 2. The quantitative estimate of drug-likeness (QED) is 0.711. The van der Waals surface area contributed by atoms with E-state index in [1.165, 1.54) is 18.2 Å². The van der Waals surface area contributed by atoms with Crippen LogP contribution in [0.3, 0.4) is 0 Å². The molecule has 2 N–H and O–H groups in total. The largest absolute Gasteiger partial charge is 0.324 e. The van der Waals surface area contributed by atoms with E-state index in [1.54, 1.807) is 0 Å². The summed E-state index contributed by atoms with van der Waals surface area (Å²) in [5.41, 5.74) is 6.38. The molecule has 1 aromatic rings. The predicted octanol–water partition coefficient (Wildman–Crippen LogP) is 2.44. The maximum absolute atomic E-state index is 13.5. The first-order valence-corrected chi connectivity index (χ1v) is 4.72. The van der Waals surface area contributed by atoms with Crippen LogP contribution < -0.4 is 5.73 Å². The van der Waals surface area contributed by atoms with Crippen LogP contribution in [0.5, 0.6) is 0 Å². The second-order valence-electron chi connectivity index (χ2n) is 3.76. The van der Waals surface area contributed by atoms with Gasteiger partial charge in [0.15, 0.2) is 0 Å². The Morgan fingerprint density at radius 1 is 1.47 bits per heavy atom. The van der Waals surface area contributed by atoms with Gasteiger partial charge in [0.2, 0.25) is 0 Å². The van der Waals surface area contributed by atoms with Crippen molar-refractivity contribution < 1.29 is 8.78 Å². The lowest BCUT2D eigenvalue weighted by Crippen LogP contribution is -2.27. The minimum absolute atomic E-state index is 0.0831. The molecule has 1 aliphatic carbocycles. The Kier molecular flexibility index (Phi) is 2.20. The van der Waals surface area contributed by atoms with Gasteiger partial charge in [-0.3, -0.25) is 0 Å². The van der Waals surface area contributed by atoms with Gasteiger partial charge in [-0.25, -0.2) is 8.78 Å². The van der Waals surface area contributed by atoms with Gasteiger partial charge in [-0.15, -0.1) is 0 Å². The van der Waals surface area contributed by atoms with Gasteiger partial charge in [0.25, 0.3) is 5.92 Å². The molecule has 15 heavy (non-hydrogen) atoms. The van der Waals surface area contributed by atoms with Gasteiger partial charge >= 0.3 is 0 Å². The highest BCUT2D eigenvalue weighted by Crippen LogP contribution is 2.43. The highest BCUT2D eigenvalue weighted by molar-refractivity contribution is 5.43. The average molecular weight is 208 g/mol. The van der Waals surface area contributed by atoms with E-state index in [0.717, 1.165) is 0 Å². The van der Waals surface area contributed by atoms with E-state index >= 15 is 0 Å².